The van der Waals surface area contributed by atoms with Crippen LogP contribution in [0.4, 0.5) is 0 Å². The van der Waals surface area contributed by atoms with Gasteiger partial charge in [0.1, 0.15) is 5.76 Å². The average molecular weight is 198 g/mol. The first kappa shape index (κ1) is 12.4. The number of aliphatic hydroxyl groups is 1. The Bertz CT molecular complexity index is 232. The molecular weight excluding hydrogens is 179 g/mol. The van der Waals surface area contributed by atoms with Gasteiger partial charge in [-0.2, -0.15) is 0 Å². The third kappa shape index (κ3) is 4.90. The molecule has 0 saturated heterocycles. The summed E-state index contributed by atoms with van der Waals surface area (Å²) in [5, 5.41) is 10.4. The second-order valence-corrected chi connectivity index (χ2v) is 4.30. The minimum absolute atomic E-state index is 0.343. The van der Waals surface area contributed by atoms with Crippen molar-refractivity contribution in [1.29, 1.82) is 0 Å². The van der Waals surface area contributed by atoms with Gasteiger partial charge in [0.2, 0.25) is 0 Å². The Morgan fingerprint density at radius 3 is 2.38 bits per heavy atom. The zero-order valence-electron chi connectivity index (χ0n) is 8.67. The molecule has 0 amide bonds. The zero-order valence-corrected chi connectivity index (χ0v) is 9.83. The van der Waals surface area contributed by atoms with E-state index in [-0.39, 0.29) is 0 Å². The summed E-state index contributed by atoms with van der Waals surface area (Å²) < 4.78 is 0. The minimum atomic E-state index is 0.343. The molecule has 1 atom stereocenters. The van der Waals surface area contributed by atoms with E-state index in [1.54, 1.807) is 0 Å². The number of hydrogen-bond donors (Lipinski definition) is 1. The monoisotopic (exact) mass is 198 g/mol. The van der Waals surface area contributed by atoms with Crippen molar-refractivity contribution in [3.8, 4) is 0 Å². The van der Waals surface area contributed by atoms with Gasteiger partial charge in [-0.3, -0.25) is 0 Å². The Hall–Kier alpha value is -0.550. The Kier molecular flexibility index (Phi) is 5.73. The van der Waals surface area contributed by atoms with Gasteiger partial charge in [0.05, 0.1) is 0 Å². The molecule has 0 aliphatic rings. The van der Waals surface area contributed by atoms with Crippen LogP contribution < -0.4 is 0 Å². The molecule has 0 aromatic rings. The smallest absolute Gasteiger partial charge is 0.118 e. The van der Waals surface area contributed by atoms with Crippen LogP contribution in [0, 0.1) is 5.92 Å². The Morgan fingerprint density at radius 1 is 1.54 bits per heavy atom. The van der Waals surface area contributed by atoms with Crippen LogP contribution in [0.5, 0.6) is 0 Å². The normalized spacial score (nSPS) is 14.4. The summed E-state index contributed by atoms with van der Waals surface area (Å²) in [5.41, 5.74) is 1.20. The molecule has 2 heteroatoms. The third-order valence-corrected chi connectivity index (χ3v) is 2.14. The molecular formula is C11H19OP. The molecule has 1 unspecified atom stereocenters. The fourth-order valence-corrected chi connectivity index (χ4v) is 1.00. The van der Waals surface area contributed by atoms with Crippen molar-refractivity contribution in [3.63, 3.8) is 0 Å². The molecule has 13 heavy (non-hydrogen) atoms. The molecule has 0 spiro atoms. The molecule has 0 aromatic carbocycles. The van der Waals surface area contributed by atoms with E-state index in [1.165, 1.54) is 5.57 Å². The van der Waals surface area contributed by atoms with Crippen LogP contribution >= 0.6 is 9.24 Å². The molecule has 0 aromatic heterocycles. The van der Waals surface area contributed by atoms with Gasteiger partial charge < -0.3 is 5.11 Å². The van der Waals surface area contributed by atoms with Crippen molar-refractivity contribution in [3.05, 3.63) is 35.4 Å². The highest BCUT2D eigenvalue weighted by atomic mass is 31.0. The predicted molar refractivity (Wildman–Crippen MR) is 62.8 cm³/mol. The van der Waals surface area contributed by atoms with Crippen LogP contribution in [0.15, 0.2) is 35.4 Å². The minimum Gasteiger partial charge on any atom is -0.508 e. The van der Waals surface area contributed by atoms with Gasteiger partial charge in [0, 0.05) is 0 Å². The van der Waals surface area contributed by atoms with E-state index in [0.717, 1.165) is 11.7 Å². The number of aliphatic hydroxyl groups excluding tert-OH is 1. The van der Waals surface area contributed by atoms with Gasteiger partial charge in [-0.25, -0.2) is 0 Å². The number of allylic oxidation sites excluding steroid dienone is 4. The maximum Gasteiger partial charge on any atom is 0.118 e. The van der Waals surface area contributed by atoms with Gasteiger partial charge >= 0.3 is 0 Å². The largest absolute Gasteiger partial charge is 0.508 e. The van der Waals surface area contributed by atoms with Crippen molar-refractivity contribution in [2.75, 3.05) is 0 Å². The maximum absolute atomic E-state index is 9.52. The lowest BCUT2D eigenvalue weighted by Gasteiger charge is -2.09. The fourth-order valence-electron chi connectivity index (χ4n) is 0.917. The molecule has 1 nitrogen and oxygen atoms in total. The third-order valence-electron chi connectivity index (χ3n) is 1.85. The summed E-state index contributed by atoms with van der Waals surface area (Å²) >= 11 is 0. The summed E-state index contributed by atoms with van der Waals surface area (Å²) in [7, 11) is 2.49. The van der Waals surface area contributed by atoms with E-state index in [9.17, 15) is 5.11 Å². The van der Waals surface area contributed by atoms with Gasteiger partial charge in [0.15, 0.2) is 0 Å². The highest BCUT2D eigenvalue weighted by molar-refractivity contribution is 7.22. The van der Waals surface area contributed by atoms with E-state index >= 15 is 0 Å². The van der Waals surface area contributed by atoms with E-state index < -0.39 is 0 Å². The van der Waals surface area contributed by atoms with Gasteiger partial charge in [-0.05, 0) is 30.7 Å². The van der Waals surface area contributed by atoms with Crippen molar-refractivity contribution in [2.24, 2.45) is 5.92 Å². The lowest BCUT2D eigenvalue weighted by atomic mass is 9.99. The van der Waals surface area contributed by atoms with Gasteiger partial charge in [-0.1, -0.05) is 25.5 Å². The molecule has 0 heterocycles. The van der Waals surface area contributed by atoms with Crippen LogP contribution in [-0.2, 0) is 0 Å². The molecule has 0 rings (SSSR count). The summed E-state index contributed by atoms with van der Waals surface area (Å²) in [4.78, 5) is 0. The van der Waals surface area contributed by atoms with Gasteiger partial charge in [-0.15, -0.1) is 15.8 Å². The van der Waals surface area contributed by atoms with Crippen LogP contribution in [0.25, 0.3) is 0 Å². The molecule has 1 N–H and O–H groups in total. The summed E-state index contributed by atoms with van der Waals surface area (Å²) in [6, 6.07) is 0. The Labute approximate surface area is 83.4 Å². The summed E-state index contributed by atoms with van der Waals surface area (Å²) in [6.45, 7) is 9.78. The number of rotatable bonds is 4. The first-order chi connectivity index (χ1) is 5.99. The second kappa shape index (κ2) is 5.99. The zero-order chi connectivity index (χ0) is 10.4. The highest BCUT2D eigenvalue weighted by Gasteiger charge is 2.02. The molecule has 0 saturated carbocycles. The highest BCUT2D eigenvalue weighted by Crippen LogP contribution is 2.19. The van der Waals surface area contributed by atoms with Crippen molar-refractivity contribution >= 4 is 9.24 Å². The number of hydrogen-bond acceptors (Lipinski definition) is 1. The Morgan fingerprint density at radius 2 is 2.08 bits per heavy atom. The Balaban J connectivity index is 4.72. The van der Waals surface area contributed by atoms with Crippen LogP contribution in [0.1, 0.15) is 27.2 Å². The summed E-state index contributed by atoms with van der Waals surface area (Å²) in [5.74, 6) is 0.792. The van der Waals surface area contributed by atoms with Crippen LogP contribution in [0.2, 0.25) is 0 Å². The second-order valence-electron chi connectivity index (χ2n) is 3.44. The molecule has 0 aliphatic heterocycles. The van der Waals surface area contributed by atoms with Crippen molar-refractivity contribution < 1.29 is 5.11 Å². The van der Waals surface area contributed by atoms with E-state index in [0.29, 0.717) is 11.7 Å². The average Bonchev–Trinajstić information content (AvgIpc) is 2.03. The van der Waals surface area contributed by atoms with Crippen LogP contribution in [0.3, 0.4) is 0 Å². The fraction of sp³-hybridized carbons (Fsp3) is 0.455. The molecule has 0 bridgehead atoms. The maximum atomic E-state index is 9.52. The topological polar surface area (TPSA) is 20.2 Å². The molecule has 0 aliphatic carbocycles. The molecule has 0 fully saturated rings. The van der Waals surface area contributed by atoms with E-state index in [4.69, 9.17) is 0 Å². The lowest BCUT2D eigenvalue weighted by Crippen LogP contribution is -1.94. The van der Waals surface area contributed by atoms with Crippen molar-refractivity contribution in [1.82, 2.24) is 0 Å². The first-order valence-corrected chi connectivity index (χ1v) is 5.03. The standard InChI is InChI=1S/C11H19OP/c1-5-6-10(8(2)3)7-11(12)9(4)13/h5,7-8,12H,1,6,13H2,2-4H3/b10-7-,11-9-. The summed E-state index contributed by atoms with van der Waals surface area (Å²) in [6.07, 6.45) is 4.52. The first-order valence-electron chi connectivity index (χ1n) is 4.45. The van der Waals surface area contributed by atoms with Crippen LogP contribution in [-0.4, -0.2) is 5.11 Å². The van der Waals surface area contributed by atoms with Crippen molar-refractivity contribution in [2.45, 2.75) is 27.2 Å². The SMILES string of the molecule is C=CC/C(=C/C(O)=C(\C)P)C(C)C. The predicted octanol–water partition coefficient (Wildman–Crippen LogP) is 3.81. The van der Waals surface area contributed by atoms with E-state index in [2.05, 4.69) is 29.7 Å². The van der Waals surface area contributed by atoms with Gasteiger partial charge in [0.25, 0.3) is 0 Å². The molecule has 0 radical (unpaired) electrons. The van der Waals surface area contributed by atoms with E-state index in [1.807, 2.05) is 19.1 Å². The quantitative estimate of drug-likeness (QED) is 0.315. The lowest BCUT2D eigenvalue weighted by molar-refractivity contribution is 0.427. The molecule has 74 valence electrons.